The van der Waals surface area contributed by atoms with E-state index in [-0.39, 0.29) is 0 Å². The summed E-state index contributed by atoms with van der Waals surface area (Å²) in [4.78, 5) is 0. The van der Waals surface area contributed by atoms with Crippen LogP contribution in [0.15, 0.2) is 83.3 Å². The third-order valence-corrected chi connectivity index (χ3v) is 4.63. The van der Waals surface area contributed by atoms with Gasteiger partial charge in [0.05, 0.1) is 0 Å². The molecule has 0 unspecified atom stereocenters. The van der Waals surface area contributed by atoms with Crippen molar-refractivity contribution in [2.45, 2.75) is 0 Å². The zero-order valence-electron chi connectivity index (χ0n) is 13.0. The number of furan rings is 1. The maximum atomic E-state index is 6.31. The summed E-state index contributed by atoms with van der Waals surface area (Å²) in [7, 11) is 0. The summed E-state index contributed by atoms with van der Waals surface area (Å²) in [5.74, 6) is 0. The van der Waals surface area contributed by atoms with Crippen LogP contribution in [0.5, 0.6) is 0 Å². The highest BCUT2D eigenvalue weighted by Gasteiger charge is 2.11. The van der Waals surface area contributed by atoms with E-state index < -0.39 is 0 Å². The van der Waals surface area contributed by atoms with Crippen LogP contribution >= 0.6 is 0 Å². The van der Waals surface area contributed by atoms with Gasteiger partial charge in [0, 0.05) is 22.0 Å². The van der Waals surface area contributed by atoms with Crippen molar-refractivity contribution in [2.24, 2.45) is 0 Å². The van der Waals surface area contributed by atoms with Crippen molar-refractivity contribution in [3.63, 3.8) is 0 Å². The lowest BCUT2D eigenvalue weighted by Gasteiger charge is -2.10. The Balaban J connectivity index is 1.84. The summed E-state index contributed by atoms with van der Waals surface area (Å²) >= 11 is 0. The van der Waals surface area contributed by atoms with Gasteiger partial charge in [0.25, 0.3) is 0 Å². The zero-order chi connectivity index (χ0) is 16.1. The third kappa shape index (κ3) is 1.83. The lowest BCUT2D eigenvalue weighted by molar-refractivity contribution is 0.669. The number of rotatable bonds is 1. The summed E-state index contributed by atoms with van der Waals surface area (Å²) in [5, 5.41) is 4.62. The van der Waals surface area contributed by atoms with Crippen LogP contribution in [0.2, 0.25) is 0 Å². The minimum atomic E-state index is 0.782. The fraction of sp³-hybridized carbons (Fsp3) is 0. The highest BCUT2D eigenvalue weighted by Crippen LogP contribution is 2.37. The third-order valence-electron chi connectivity index (χ3n) is 4.63. The Morgan fingerprint density at radius 3 is 2.29 bits per heavy atom. The molecule has 0 amide bonds. The second kappa shape index (κ2) is 4.87. The van der Waals surface area contributed by atoms with Gasteiger partial charge in [0.2, 0.25) is 0 Å². The van der Waals surface area contributed by atoms with Crippen molar-refractivity contribution >= 4 is 38.4 Å². The first kappa shape index (κ1) is 13.2. The van der Waals surface area contributed by atoms with E-state index >= 15 is 0 Å². The second-order valence-corrected chi connectivity index (χ2v) is 6.06. The Labute approximate surface area is 139 Å². The standard InChI is InChI=1S/C22H15NO/c23-19-12-10-14-5-1-2-6-16(14)22(19)15-9-11-18-17-7-3-4-8-20(17)24-21(18)13-15/h1-13H,23H2. The van der Waals surface area contributed by atoms with Gasteiger partial charge >= 0.3 is 0 Å². The Kier molecular flexibility index (Phi) is 2.68. The minimum absolute atomic E-state index is 0.782. The second-order valence-electron chi connectivity index (χ2n) is 6.06. The van der Waals surface area contributed by atoms with Crippen LogP contribution in [0.1, 0.15) is 0 Å². The van der Waals surface area contributed by atoms with Crippen molar-refractivity contribution in [3.8, 4) is 11.1 Å². The van der Waals surface area contributed by atoms with Crippen LogP contribution in [0.25, 0.3) is 43.8 Å². The molecule has 2 N–H and O–H groups in total. The molecule has 0 aliphatic rings. The van der Waals surface area contributed by atoms with Crippen molar-refractivity contribution in [3.05, 3.63) is 78.9 Å². The van der Waals surface area contributed by atoms with Gasteiger partial charge in [0.1, 0.15) is 11.2 Å². The largest absolute Gasteiger partial charge is 0.456 e. The molecule has 2 nitrogen and oxygen atoms in total. The summed E-state index contributed by atoms with van der Waals surface area (Å²) in [6.45, 7) is 0. The summed E-state index contributed by atoms with van der Waals surface area (Å²) in [6.07, 6.45) is 0. The van der Waals surface area contributed by atoms with E-state index in [2.05, 4.69) is 42.5 Å². The van der Waals surface area contributed by atoms with Crippen LogP contribution in [-0.4, -0.2) is 0 Å². The lowest BCUT2D eigenvalue weighted by atomic mass is 9.96. The van der Waals surface area contributed by atoms with Crippen molar-refractivity contribution in [2.75, 3.05) is 5.73 Å². The maximum absolute atomic E-state index is 6.31. The molecule has 0 aliphatic carbocycles. The van der Waals surface area contributed by atoms with E-state index in [0.29, 0.717) is 0 Å². The predicted molar refractivity (Wildman–Crippen MR) is 101 cm³/mol. The fourth-order valence-electron chi connectivity index (χ4n) is 3.49. The molecule has 0 atom stereocenters. The number of nitrogens with two attached hydrogens (primary N) is 1. The summed E-state index contributed by atoms with van der Waals surface area (Å²) in [6, 6.07) is 26.8. The Hall–Kier alpha value is -3.26. The molecule has 1 aromatic heterocycles. The van der Waals surface area contributed by atoms with Gasteiger partial charge in [-0.1, -0.05) is 54.6 Å². The van der Waals surface area contributed by atoms with E-state index in [1.54, 1.807) is 0 Å². The van der Waals surface area contributed by atoms with E-state index in [9.17, 15) is 0 Å². The van der Waals surface area contributed by atoms with Crippen molar-refractivity contribution in [1.82, 2.24) is 0 Å². The first-order chi connectivity index (χ1) is 11.8. The number of hydrogen-bond acceptors (Lipinski definition) is 2. The number of hydrogen-bond donors (Lipinski definition) is 1. The van der Waals surface area contributed by atoms with E-state index in [1.807, 2.05) is 36.4 Å². The first-order valence-corrected chi connectivity index (χ1v) is 8.00. The summed E-state index contributed by atoms with van der Waals surface area (Å²) < 4.78 is 6.03. The molecule has 0 saturated carbocycles. The molecule has 5 aromatic rings. The number of benzene rings is 4. The zero-order valence-corrected chi connectivity index (χ0v) is 13.0. The minimum Gasteiger partial charge on any atom is -0.456 e. The molecule has 0 aliphatic heterocycles. The van der Waals surface area contributed by atoms with Gasteiger partial charge in [-0.25, -0.2) is 0 Å². The Morgan fingerprint density at radius 1 is 0.625 bits per heavy atom. The van der Waals surface area contributed by atoms with Gasteiger partial charge in [0.15, 0.2) is 0 Å². The molecule has 4 aromatic carbocycles. The molecule has 2 heteroatoms. The van der Waals surface area contributed by atoms with Gasteiger partial charge in [-0.15, -0.1) is 0 Å². The topological polar surface area (TPSA) is 39.2 Å². The first-order valence-electron chi connectivity index (χ1n) is 8.00. The van der Waals surface area contributed by atoms with Crippen LogP contribution in [0.4, 0.5) is 5.69 Å². The van der Waals surface area contributed by atoms with Crippen LogP contribution in [0.3, 0.4) is 0 Å². The molecule has 0 saturated heterocycles. The predicted octanol–water partition coefficient (Wildman–Crippen LogP) is 5.99. The molecule has 0 spiro atoms. The lowest BCUT2D eigenvalue weighted by Crippen LogP contribution is -1.91. The molecule has 0 fully saturated rings. The normalized spacial score (nSPS) is 11.5. The highest BCUT2D eigenvalue weighted by atomic mass is 16.3. The Morgan fingerprint density at radius 2 is 1.38 bits per heavy atom. The Bertz CT molecular complexity index is 1220. The number of para-hydroxylation sites is 1. The average Bonchev–Trinajstić information content (AvgIpc) is 2.99. The van der Waals surface area contributed by atoms with Crippen LogP contribution < -0.4 is 5.73 Å². The molecule has 0 bridgehead atoms. The number of anilines is 1. The van der Waals surface area contributed by atoms with Gasteiger partial charge < -0.3 is 10.2 Å². The smallest absolute Gasteiger partial charge is 0.136 e. The van der Waals surface area contributed by atoms with E-state index in [1.165, 1.54) is 5.39 Å². The summed E-state index contributed by atoms with van der Waals surface area (Å²) in [5.41, 5.74) is 11.0. The van der Waals surface area contributed by atoms with Gasteiger partial charge in [-0.2, -0.15) is 0 Å². The molecule has 24 heavy (non-hydrogen) atoms. The van der Waals surface area contributed by atoms with Gasteiger partial charge in [-0.05, 0) is 40.6 Å². The molecular formula is C22H15NO. The van der Waals surface area contributed by atoms with Gasteiger partial charge in [-0.3, -0.25) is 0 Å². The monoisotopic (exact) mass is 309 g/mol. The maximum Gasteiger partial charge on any atom is 0.136 e. The molecule has 0 radical (unpaired) electrons. The molecule has 5 rings (SSSR count). The van der Waals surface area contributed by atoms with E-state index in [0.717, 1.165) is 44.1 Å². The quantitative estimate of drug-likeness (QED) is 0.386. The SMILES string of the molecule is Nc1ccc2ccccc2c1-c1ccc2c(c1)oc1ccccc12. The molecular weight excluding hydrogens is 294 g/mol. The molecule has 114 valence electrons. The van der Waals surface area contributed by atoms with Crippen molar-refractivity contribution in [1.29, 1.82) is 0 Å². The molecule has 1 heterocycles. The fourth-order valence-corrected chi connectivity index (χ4v) is 3.49. The number of fused-ring (bicyclic) bond motifs is 4. The average molecular weight is 309 g/mol. The van der Waals surface area contributed by atoms with E-state index in [4.69, 9.17) is 10.2 Å². The van der Waals surface area contributed by atoms with Crippen molar-refractivity contribution < 1.29 is 4.42 Å². The van der Waals surface area contributed by atoms with Crippen LogP contribution in [-0.2, 0) is 0 Å². The highest BCUT2D eigenvalue weighted by molar-refractivity contribution is 6.08. The van der Waals surface area contributed by atoms with Crippen LogP contribution in [0, 0.1) is 0 Å². The number of nitrogen functional groups attached to an aromatic ring is 1.